The van der Waals surface area contributed by atoms with E-state index in [-0.39, 0.29) is 11.8 Å². The predicted octanol–water partition coefficient (Wildman–Crippen LogP) is 0.286. The van der Waals surface area contributed by atoms with Crippen molar-refractivity contribution < 1.29 is 18.7 Å². The van der Waals surface area contributed by atoms with Gasteiger partial charge in [0.15, 0.2) is 5.76 Å². The molecule has 23 heavy (non-hydrogen) atoms. The number of hydrogen-bond acceptors (Lipinski definition) is 5. The lowest BCUT2D eigenvalue weighted by atomic mass is 10.3. The maximum atomic E-state index is 12.3. The molecule has 2 aliphatic rings. The average Bonchev–Trinajstić information content (AvgIpc) is 3.02. The summed E-state index contributed by atoms with van der Waals surface area (Å²) in [5.74, 6) is 0.457. The van der Waals surface area contributed by atoms with Crippen molar-refractivity contribution in [2.24, 2.45) is 0 Å². The number of furan rings is 1. The summed E-state index contributed by atoms with van der Waals surface area (Å²) in [5, 5.41) is 0. The summed E-state index contributed by atoms with van der Waals surface area (Å²) in [5.41, 5.74) is 0. The molecule has 0 aliphatic carbocycles. The molecule has 0 N–H and O–H groups in total. The van der Waals surface area contributed by atoms with Gasteiger partial charge in [0.25, 0.3) is 5.91 Å². The van der Waals surface area contributed by atoms with E-state index in [0.717, 1.165) is 13.0 Å². The number of morpholine rings is 1. The first-order valence-corrected chi connectivity index (χ1v) is 8.15. The van der Waals surface area contributed by atoms with Crippen LogP contribution < -0.4 is 0 Å². The van der Waals surface area contributed by atoms with Gasteiger partial charge >= 0.3 is 0 Å². The van der Waals surface area contributed by atoms with Crippen molar-refractivity contribution in [2.45, 2.75) is 6.42 Å². The largest absolute Gasteiger partial charge is 0.459 e. The number of rotatable bonds is 3. The second-order valence-electron chi connectivity index (χ2n) is 5.89. The Hall–Kier alpha value is -1.86. The van der Waals surface area contributed by atoms with Gasteiger partial charge in [-0.15, -0.1) is 0 Å². The van der Waals surface area contributed by atoms with Gasteiger partial charge in [0.1, 0.15) is 0 Å². The van der Waals surface area contributed by atoms with Crippen molar-refractivity contribution >= 4 is 11.8 Å². The maximum absolute atomic E-state index is 12.3. The average molecular weight is 321 g/mol. The smallest absolute Gasteiger partial charge is 0.289 e. The molecule has 3 heterocycles. The predicted molar refractivity (Wildman–Crippen MR) is 83.1 cm³/mol. The zero-order valence-electron chi connectivity index (χ0n) is 13.3. The molecule has 0 atom stereocenters. The van der Waals surface area contributed by atoms with Crippen LogP contribution in [-0.2, 0) is 9.53 Å². The highest BCUT2D eigenvalue weighted by molar-refractivity contribution is 5.91. The van der Waals surface area contributed by atoms with Gasteiger partial charge in [0.05, 0.1) is 26.0 Å². The van der Waals surface area contributed by atoms with Crippen LogP contribution in [0.4, 0.5) is 0 Å². The molecule has 7 nitrogen and oxygen atoms in total. The van der Waals surface area contributed by atoms with Gasteiger partial charge in [-0.05, 0) is 18.6 Å². The topological polar surface area (TPSA) is 66.2 Å². The summed E-state index contributed by atoms with van der Waals surface area (Å²) in [6.45, 7) is 5.88. The van der Waals surface area contributed by atoms with Gasteiger partial charge in [-0.3, -0.25) is 14.5 Å². The number of ether oxygens (including phenoxy) is 1. The van der Waals surface area contributed by atoms with E-state index >= 15 is 0 Å². The Morgan fingerprint density at radius 1 is 1.00 bits per heavy atom. The van der Waals surface area contributed by atoms with E-state index in [9.17, 15) is 9.59 Å². The lowest BCUT2D eigenvalue weighted by Crippen LogP contribution is -2.46. The van der Waals surface area contributed by atoms with Crippen molar-refractivity contribution in [1.82, 2.24) is 14.7 Å². The minimum Gasteiger partial charge on any atom is -0.459 e. The fourth-order valence-electron chi connectivity index (χ4n) is 2.99. The Kier molecular flexibility index (Phi) is 5.30. The fraction of sp³-hybridized carbons (Fsp3) is 0.625. The molecule has 1 aromatic heterocycles. The van der Waals surface area contributed by atoms with Crippen LogP contribution in [0.5, 0.6) is 0 Å². The van der Waals surface area contributed by atoms with Crippen LogP contribution in [0, 0.1) is 0 Å². The molecule has 7 heteroatoms. The van der Waals surface area contributed by atoms with Crippen molar-refractivity contribution in [3.63, 3.8) is 0 Å². The van der Waals surface area contributed by atoms with Crippen LogP contribution in [0.2, 0.25) is 0 Å². The third-order valence-corrected chi connectivity index (χ3v) is 4.33. The van der Waals surface area contributed by atoms with Gasteiger partial charge < -0.3 is 19.0 Å². The number of amides is 2. The van der Waals surface area contributed by atoms with Crippen molar-refractivity contribution in [3.05, 3.63) is 24.2 Å². The van der Waals surface area contributed by atoms with E-state index in [1.54, 1.807) is 17.0 Å². The zero-order valence-corrected chi connectivity index (χ0v) is 13.3. The second kappa shape index (κ2) is 7.61. The molecule has 2 fully saturated rings. The lowest BCUT2D eigenvalue weighted by Gasteiger charge is -2.29. The van der Waals surface area contributed by atoms with Gasteiger partial charge in [0.2, 0.25) is 5.91 Å². The summed E-state index contributed by atoms with van der Waals surface area (Å²) in [6, 6.07) is 3.41. The minimum absolute atomic E-state index is 0.0728. The van der Waals surface area contributed by atoms with Crippen molar-refractivity contribution in [3.8, 4) is 0 Å². The van der Waals surface area contributed by atoms with Gasteiger partial charge in [-0.2, -0.15) is 0 Å². The third-order valence-electron chi connectivity index (χ3n) is 4.33. The van der Waals surface area contributed by atoms with E-state index < -0.39 is 0 Å². The lowest BCUT2D eigenvalue weighted by molar-refractivity contribution is -0.136. The van der Waals surface area contributed by atoms with Gasteiger partial charge in [0, 0.05) is 39.3 Å². The third kappa shape index (κ3) is 4.11. The molecule has 0 aromatic carbocycles. The molecule has 3 rings (SSSR count). The molecular weight excluding hydrogens is 298 g/mol. The quantitative estimate of drug-likeness (QED) is 0.800. The summed E-state index contributed by atoms with van der Waals surface area (Å²) in [6.07, 6.45) is 2.38. The summed E-state index contributed by atoms with van der Waals surface area (Å²) in [4.78, 5) is 30.4. The summed E-state index contributed by atoms with van der Waals surface area (Å²) >= 11 is 0. The summed E-state index contributed by atoms with van der Waals surface area (Å²) in [7, 11) is 0. The molecule has 0 unspecified atom stereocenters. The van der Waals surface area contributed by atoms with Crippen LogP contribution in [-0.4, -0.2) is 85.5 Å². The van der Waals surface area contributed by atoms with E-state index in [1.165, 1.54) is 6.26 Å². The molecule has 2 amide bonds. The highest BCUT2D eigenvalue weighted by atomic mass is 16.5. The number of hydrogen-bond donors (Lipinski definition) is 0. The number of nitrogens with zero attached hydrogens (tertiary/aromatic N) is 3. The Morgan fingerprint density at radius 3 is 2.57 bits per heavy atom. The van der Waals surface area contributed by atoms with Crippen LogP contribution in [0.3, 0.4) is 0 Å². The first-order valence-electron chi connectivity index (χ1n) is 8.15. The molecule has 0 spiro atoms. The molecule has 0 saturated carbocycles. The number of carbonyl (C=O) groups is 2. The Morgan fingerprint density at radius 2 is 1.83 bits per heavy atom. The SMILES string of the molecule is O=C(CN1CCCN(C(=O)c2ccco2)CC1)N1CCOCC1. The Bertz CT molecular complexity index is 525. The zero-order chi connectivity index (χ0) is 16.1. The second-order valence-corrected chi connectivity index (χ2v) is 5.89. The standard InChI is InChI=1S/C16H23N3O4/c20-15(18-8-11-22-12-9-18)13-17-4-2-5-19(7-6-17)16(21)14-3-1-10-23-14/h1,3,10H,2,4-9,11-13H2. The van der Waals surface area contributed by atoms with E-state index in [2.05, 4.69) is 4.90 Å². The highest BCUT2D eigenvalue weighted by Gasteiger charge is 2.24. The van der Waals surface area contributed by atoms with E-state index in [1.807, 2.05) is 4.90 Å². The molecule has 0 bridgehead atoms. The van der Waals surface area contributed by atoms with Crippen LogP contribution in [0.15, 0.2) is 22.8 Å². The van der Waals surface area contributed by atoms with Gasteiger partial charge in [-0.1, -0.05) is 0 Å². The normalized spacial score (nSPS) is 20.3. The molecule has 2 aliphatic heterocycles. The maximum Gasteiger partial charge on any atom is 0.289 e. The number of carbonyl (C=O) groups excluding carboxylic acids is 2. The first kappa shape index (κ1) is 16.0. The van der Waals surface area contributed by atoms with E-state index in [4.69, 9.17) is 9.15 Å². The molecule has 126 valence electrons. The highest BCUT2D eigenvalue weighted by Crippen LogP contribution is 2.10. The molecular formula is C16H23N3O4. The Labute approximate surface area is 135 Å². The molecule has 1 aromatic rings. The first-order chi connectivity index (χ1) is 11.2. The molecule has 0 radical (unpaired) electrons. The monoisotopic (exact) mass is 321 g/mol. The molecule has 2 saturated heterocycles. The fourth-order valence-corrected chi connectivity index (χ4v) is 2.99. The van der Waals surface area contributed by atoms with Crippen LogP contribution in [0.25, 0.3) is 0 Å². The summed E-state index contributed by atoms with van der Waals surface area (Å²) < 4.78 is 10.5. The Balaban J connectivity index is 1.50. The van der Waals surface area contributed by atoms with Gasteiger partial charge in [-0.25, -0.2) is 0 Å². The van der Waals surface area contributed by atoms with E-state index in [0.29, 0.717) is 58.2 Å². The minimum atomic E-state index is -0.0728. The van der Waals surface area contributed by atoms with Crippen molar-refractivity contribution in [2.75, 3.05) is 59.0 Å². The van der Waals surface area contributed by atoms with Crippen molar-refractivity contribution in [1.29, 1.82) is 0 Å². The van der Waals surface area contributed by atoms with Crippen LogP contribution in [0.1, 0.15) is 17.0 Å². The van der Waals surface area contributed by atoms with Crippen LogP contribution >= 0.6 is 0 Å².